The van der Waals surface area contributed by atoms with Crippen LogP contribution in [0, 0.1) is 0 Å². The fourth-order valence-corrected chi connectivity index (χ4v) is 1.57. The highest BCUT2D eigenvalue weighted by Gasteiger charge is 2.07. The van der Waals surface area contributed by atoms with Gasteiger partial charge < -0.3 is 15.0 Å². The zero-order valence-electron chi connectivity index (χ0n) is 11.2. The van der Waals surface area contributed by atoms with Crippen molar-refractivity contribution in [3.8, 4) is 0 Å². The van der Waals surface area contributed by atoms with E-state index in [0.29, 0.717) is 6.04 Å². The summed E-state index contributed by atoms with van der Waals surface area (Å²) < 4.78 is 5.09. The first-order chi connectivity index (χ1) is 8.15. The normalized spacial score (nSPS) is 10.9. The molecule has 96 valence electrons. The van der Waals surface area contributed by atoms with Gasteiger partial charge in [-0.15, -0.1) is 0 Å². The first kappa shape index (κ1) is 13.9. The van der Waals surface area contributed by atoms with Crippen molar-refractivity contribution in [1.29, 1.82) is 0 Å². The van der Waals surface area contributed by atoms with Crippen LogP contribution in [0.5, 0.6) is 0 Å². The zero-order chi connectivity index (χ0) is 12.7. The fourth-order valence-electron chi connectivity index (χ4n) is 1.57. The van der Waals surface area contributed by atoms with E-state index < -0.39 is 0 Å². The summed E-state index contributed by atoms with van der Waals surface area (Å²) in [5.74, 6) is 0. The van der Waals surface area contributed by atoms with Crippen molar-refractivity contribution in [3.63, 3.8) is 0 Å². The van der Waals surface area contributed by atoms with E-state index in [1.165, 1.54) is 5.56 Å². The van der Waals surface area contributed by atoms with E-state index in [4.69, 9.17) is 4.74 Å². The molecule has 1 N–H and O–H groups in total. The number of likely N-dealkylation sites (N-methyl/N-ethyl adjacent to an activating group) is 1. The number of hydrogen-bond acceptors (Lipinski definition) is 4. The predicted molar refractivity (Wildman–Crippen MR) is 71.4 cm³/mol. The molecule has 0 saturated carbocycles. The molecule has 1 aromatic rings. The van der Waals surface area contributed by atoms with Gasteiger partial charge in [0.15, 0.2) is 0 Å². The second-order valence-electron chi connectivity index (χ2n) is 4.45. The Kier molecular flexibility index (Phi) is 5.94. The van der Waals surface area contributed by atoms with Crippen LogP contribution in [0.25, 0.3) is 0 Å². The maximum Gasteiger partial charge on any atom is 0.0637 e. The predicted octanol–water partition coefficient (Wildman–Crippen LogP) is 1.66. The van der Waals surface area contributed by atoms with Gasteiger partial charge in [0.05, 0.1) is 18.5 Å². The van der Waals surface area contributed by atoms with E-state index >= 15 is 0 Å². The first-order valence-electron chi connectivity index (χ1n) is 6.01. The van der Waals surface area contributed by atoms with Crippen molar-refractivity contribution < 1.29 is 4.74 Å². The van der Waals surface area contributed by atoms with Crippen LogP contribution in [0.2, 0.25) is 0 Å². The topological polar surface area (TPSA) is 37.4 Å². The van der Waals surface area contributed by atoms with E-state index in [1.807, 2.05) is 12.4 Å². The van der Waals surface area contributed by atoms with E-state index in [2.05, 4.69) is 42.2 Å². The molecule has 0 aliphatic rings. The molecule has 0 atom stereocenters. The Morgan fingerprint density at radius 1 is 1.47 bits per heavy atom. The van der Waals surface area contributed by atoms with Crippen molar-refractivity contribution in [1.82, 2.24) is 10.3 Å². The molecule has 0 aliphatic carbocycles. The Hall–Kier alpha value is -1.13. The molecule has 1 aromatic heterocycles. The van der Waals surface area contributed by atoms with Crippen LogP contribution in [0.3, 0.4) is 0 Å². The van der Waals surface area contributed by atoms with Gasteiger partial charge >= 0.3 is 0 Å². The van der Waals surface area contributed by atoms with Gasteiger partial charge in [-0.2, -0.15) is 0 Å². The minimum atomic E-state index is 0.486. The van der Waals surface area contributed by atoms with Gasteiger partial charge in [-0.1, -0.05) is 13.8 Å². The summed E-state index contributed by atoms with van der Waals surface area (Å²) in [4.78, 5) is 6.37. The lowest BCUT2D eigenvalue weighted by molar-refractivity contribution is 0.206. The van der Waals surface area contributed by atoms with Gasteiger partial charge in [0.1, 0.15) is 0 Å². The van der Waals surface area contributed by atoms with E-state index in [1.54, 1.807) is 7.11 Å². The van der Waals surface area contributed by atoms with Crippen LogP contribution in [-0.2, 0) is 11.3 Å². The number of methoxy groups -OCH3 is 1. The van der Waals surface area contributed by atoms with Crippen LogP contribution in [0.15, 0.2) is 18.5 Å². The second kappa shape index (κ2) is 7.25. The molecule has 0 spiro atoms. The molecule has 0 aliphatic heterocycles. The molecule has 17 heavy (non-hydrogen) atoms. The molecule has 1 rings (SSSR count). The van der Waals surface area contributed by atoms with Crippen LogP contribution in [0.1, 0.15) is 19.4 Å². The molecule has 0 aromatic carbocycles. The van der Waals surface area contributed by atoms with Gasteiger partial charge in [-0.25, -0.2) is 0 Å². The van der Waals surface area contributed by atoms with Crippen molar-refractivity contribution in [2.24, 2.45) is 0 Å². The molecule has 1 heterocycles. The van der Waals surface area contributed by atoms with Crippen LogP contribution >= 0.6 is 0 Å². The standard InChI is InChI=1S/C13H23N3O/c1-11(2)15-9-12-5-6-14-10-13(12)16(3)7-8-17-4/h5-6,10-11,15H,7-9H2,1-4H3. The molecule has 0 radical (unpaired) electrons. The smallest absolute Gasteiger partial charge is 0.0637 e. The lowest BCUT2D eigenvalue weighted by Crippen LogP contribution is -2.26. The Morgan fingerprint density at radius 3 is 2.88 bits per heavy atom. The number of anilines is 1. The van der Waals surface area contributed by atoms with Crippen LogP contribution in [0.4, 0.5) is 5.69 Å². The average Bonchev–Trinajstić information content (AvgIpc) is 2.33. The number of ether oxygens (including phenoxy) is 1. The Balaban J connectivity index is 2.69. The first-order valence-corrected chi connectivity index (χ1v) is 6.01. The second-order valence-corrected chi connectivity index (χ2v) is 4.45. The molecular formula is C13H23N3O. The third-order valence-electron chi connectivity index (χ3n) is 2.63. The van der Waals surface area contributed by atoms with Gasteiger partial charge in [-0.05, 0) is 11.6 Å². The summed E-state index contributed by atoms with van der Waals surface area (Å²) in [5, 5.41) is 3.43. The Labute approximate surface area is 104 Å². The number of nitrogens with zero attached hydrogens (tertiary/aromatic N) is 2. The van der Waals surface area contributed by atoms with Crippen molar-refractivity contribution in [2.45, 2.75) is 26.4 Å². The third kappa shape index (κ3) is 4.71. The Morgan fingerprint density at radius 2 is 2.24 bits per heavy atom. The van der Waals surface area contributed by atoms with E-state index in [0.717, 1.165) is 25.4 Å². The SMILES string of the molecule is COCCN(C)c1cnccc1CNC(C)C. The number of nitrogens with one attached hydrogen (secondary N) is 1. The molecule has 4 heteroatoms. The monoisotopic (exact) mass is 237 g/mol. The Bertz CT molecular complexity index is 328. The summed E-state index contributed by atoms with van der Waals surface area (Å²) in [6, 6.07) is 2.55. The molecule has 4 nitrogen and oxygen atoms in total. The maximum absolute atomic E-state index is 5.09. The lowest BCUT2D eigenvalue weighted by Gasteiger charge is -2.22. The molecule has 0 amide bonds. The summed E-state index contributed by atoms with van der Waals surface area (Å²) in [5.41, 5.74) is 2.44. The van der Waals surface area contributed by atoms with Crippen molar-refractivity contribution in [3.05, 3.63) is 24.0 Å². The molecule has 0 bridgehead atoms. The third-order valence-corrected chi connectivity index (χ3v) is 2.63. The minimum Gasteiger partial charge on any atom is -0.383 e. The summed E-state index contributed by atoms with van der Waals surface area (Å²) in [6.45, 7) is 6.76. The molecular weight excluding hydrogens is 214 g/mol. The zero-order valence-corrected chi connectivity index (χ0v) is 11.2. The van der Waals surface area contributed by atoms with Gasteiger partial charge in [0.25, 0.3) is 0 Å². The van der Waals surface area contributed by atoms with E-state index in [9.17, 15) is 0 Å². The van der Waals surface area contributed by atoms with E-state index in [-0.39, 0.29) is 0 Å². The quantitative estimate of drug-likeness (QED) is 0.782. The fraction of sp³-hybridized carbons (Fsp3) is 0.615. The molecule has 0 unspecified atom stereocenters. The van der Waals surface area contributed by atoms with Gasteiger partial charge in [0.2, 0.25) is 0 Å². The highest BCUT2D eigenvalue weighted by molar-refractivity contribution is 5.50. The van der Waals surface area contributed by atoms with Gasteiger partial charge in [0, 0.05) is 39.5 Å². The number of hydrogen-bond donors (Lipinski definition) is 1. The highest BCUT2D eigenvalue weighted by Crippen LogP contribution is 2.17. The highest BCUT2D eigenvalue weighted by atomic mass is 16.5. The van der Waals surface area contributed by atoms with Crippen LogP contribution < -0.4 is 10.2 Å². The number of rotatable bonds is 7. The maximum atomic E-state index is 5.09. The van der Waals surface area contributed by atoms with Crippen molar-refractivity contribution in [2.75, 3.05) is 32.2 Å². The summed E-state index contributed by atoms with van der Waals surface area (Å²) in [6.07, 6.45) is 3.75. The number of pyridine rings is 1. The van der Waals surface area contributed by atoms with Crippen LogP contribution in [-0.4, -0.2) is 38.3 Å². The average molecular weight is 237 g/mol. The summed E-state index contributed by atoms with van der Waals surface area (Å²) >= 11 is 0. The lowest BCUT2D eigenvalue weighted by atomic mass is 10.2. The molecule has 0 fully saturated rings. The van der Waals surface area contributed by atoms with Crippen molar-refractivity contribution >= 4 is 5.69 Å². The number of aromatic nitrogens is 1. The minimum absolute atomic E-state index is 0.486. The van der Waals surface area contributed by atoms with Gasteiger partial charge in [-0.3, -0.25) is 4.98 Å². The summed E-state index contributed by atoms with van der Waals surface area (Å²) in [7, 11) is 3.78. The largest absolute Gasteiger partial charge is 0.383 e. The molecule has 0 saturated heterocycles.